The fourth-order valence-electron chi connectivity index (χ4n) is 2.80. The Balaban J connectivity index is 0.00000261. The van der Waals surface area contributed by atoms with Gasteiger partial charge in [-0.2, -0.15) is 0 Å². The molecule has 0 atom stereocenters. The minimum Gasteiger partial charge on any atom is -0.309 e. The van der Waals surface area contributed by atoms with Gasteiger partial charge in [0, 0.05) is 11.0 Å². The Hall–Kier alpha value is -1.47. The van der Waals surface area contributed by atoms with Crippen molar-refractivity contribution < 1.29 is 4.79 Å². The van der Waals surface area contributed by atoms with Crippen LogP contribution in [0.1, 0.15) is 22.3 Å². The molecule has 0 fully saturated rings. The number of benzene rings is 2. The first kappa shape index (κ1) is 21.8. The molecule has 2 aromatic carbocycles. The van der Waals surface area contributed by atoms with E-state index in [0.29, 0.717) is 12.1 Å². The molecule has 0 radical (unpaired) electrons. The molecule has 0 bridgehead atoms. The first-order valence-electron chi connectivity index (χ1n) is 8.54. The number of thiazole rings is 1. The van der Waals surface area contributed by atoms with Crippen molar-refractivity contribution in [3.63, 3.8) is 0 Å². The first-order valence-corrected chi connectivity index (χ1v) is 10.2. The highest BCUT2D eigenvalue weighted by molar-refractivity contribution is 9.10. The topological polar surface area (TPSA) is 36.4 Å². The van der Waals surface area contributed by atoms with E-state index in [1.54, 1.807) is 11.3 Å². The molecular weight excluding hydrogens is 446 g/mol. The Bertz CT molecular complexity index is 928. The number of aryl methyl sites for hydroxylation is 1. The number of carbonyl (C=O) groups excluding carboxylic acids is 1. The molecule has 0 unspecified atom stereocenters. The molecule has 3 aromatic rings. The van der Waals surface area contributed by atoms with Crippen LogP contribution in [0.2, 0.25) is 0 Å². The third-order valence-electron chi connectivity index (χ3n) is 4.18. The Labute approximate surface area is 178 Å². The smallest absolute Gasteiger partial charge is 0.261 e. The summed E-state index contributed by atoms with van der Waals surface area (Å²) in [5.74, 6) is -0.0204. The highest BCUT2D eigenvalue weighted by atomic mass is 79.9. The third-order valence-corrected chi connectivity index (χ3v) is 5.91. The number of nitrogens with zero attached hydrogens (tertiary/aromatic N) is 3. The lowest BCUT2D eigenvalue weighted by molar-refractivity contribution is 0.0985. The van der Waals surface area contributed by atoms with Crippen LogP contribution in [-0.4, -0.2) is 43.0 Å². The zero-order valence-electron chi connectivity index (χ0n) is 15.6. The standard InChI is InChI=1S/C20H22BrN3OS.ClH/c1-14-8-6-11-17-18(14)22-20(26-17)24(13-7-12-23(2)3)19(25)15-9-4-5-10-16(15)21;/h4-6,8-11H,7,12-13H2,1-3H3;1H. The van der Waals surface area contributed by atoms with Crippen LogP contribution in [0, 0.1) is 6.92 Å². The Kier molecular flexibility index (Phi) is 7.79. The van der Waals surface area contributed by atoms with E-state index in [1.165, 1.54) is 0 Å². The van der Waals surface area contributed by atoms with E-state index < -0.39 is 0 Å². The SMILES string of the molecule is Cc1cccc2sc(N(CCCN(C)C)C(=O)c3ccccc3Br)nc12.Cl. The summed E-state index contributed by atoms with van der Waals surface area (Å²) in [5, 5.41) is 0.758. The lowest BCUT2D eigenvalue weighted by Gasteiger charge is -2.21. The van der Waals surface area contributed by atoms with Crippen LogP contribution >= 0.6 is 39.7 Å². The van der Waals surface area contributed by atoms with Gasteiger partial charge >= 0.3 is 0 Å². The zero-order chi connectivity index (χ0) is 18.7. The summed E-state index contributed by atoms with van der Waals surface area (Å²) < 4.78 is 1.91. The van der Waals surface area contributed by atoms with Crippen molar-refractivity contribution in [3.8, 4) is 0 Å². The molecule has 7 heteroatoms. The average Bonchev–Trinajstić information content (AvgIpc) is 3.03. The number of hydrogen-bond acceptors (Lipinski definition) is 4. The molecule has 4 nitrogen and oxygen atoms in total. The predicted octanol–water partition coefficient (Wildman–Crippen LogP) is 5.39. The van der Waals surface area contributed by atoms with Crippen molar-refractivity contribution in [3.05, 3.63) is 58.1 Å². The number of rotatable bonds is 6. The van der Waals surface area contributed by atoms with Crippen LogP contribution in [0.25, 0.3) is 10.2 Å². The molecule has 27 heavy (non-hydrogen) atoms. The van der Waals surface area contributed by atoms with Gasteiger partial charge in [-0.05, 0) is 73.7 Å². The lowest BCUT2D eigenvalue weighted by Crippen LogP contribution is -2.33. The van der Waals surface area contributed by atoms with Gasteiger partial charge in [0.2, 0.25) is 0 Å². The molecule has 1 aromatic heterocycles. The molecule has 3 rings (SSSR count). The van der Waals surface area contributed by atoms with Crippen molar-refractivity contribution in [2.24, 2.45) is 0 Å². The maximum atomic E-state index is 13.3. The van der Waals surface area contributed by atoms with Gasteiger partial charge in [0.1, 0.15) is 0 Å². The largest absolute Gasteiger partial charge is 0.309 e. The number of anilines is 1. The molecule has 1 heterocycles. The van der Waals surface area contributed by atoms with Gasteiger partial charge in [0.25, 0.3) is 5.91 Å². The highest BCUT2D eigenvalue weighted by Crippen LogP contribution is 2.32. The van der Waals surface area contributed by atoms with E-state index in [2.05, 4.69) is 39.9 Å². The van der Waals surface area contributed by atoms with Crippen LogP contribution in [0.3, 0.4) is 0 Å². The average molecular weight is 469 g/mol. The molecule has 144 valence electrons. The molecule has 0 aliphatic carbocycles. The molecule has 1 amide bonds. The summed E-state index contributed by atoms with van der Waals surface area (Å²) in [6, 6.07) is 13.7. The molecular formula is C20H23BrClN3OS. The number of aromatic nitrogens is 1. The van der Waals surface area contributed by atoms with Crippen molar-refractivity contribution >= 4 is 60.9 Å². The summed E-state index contributed by atoms with van der Waals surface area (Å²) in [6.45, 7) is 3.61. The Morgan fingerprint density at radius 1 is 1.11 bits per heavy atom. The summed E-state index contributed by atoms with van der Waals surface area (Å²) in [5.41, 5.74) is 2.77. The van der Waals surface area contributed by atoms with Crippen LogP contribution in [-0.2, 0) is 0 Å². The van der Waals surface area contributed by atoms with Crippen LogP contribution in [0.5, 0.6) is 0 Å². The van der Waals surface area contributed by atoms with Crippen molar-refractivity contribution in [2.45, 2.75) is 13.3 Å². The van der Waals surface area contributed by atoms with E-state index in [4.69, 9.17) is 4.98 Å². The number of carbonyl (C=O) groups is 1. The Morgan fingerprint density at radius 2 is 1.85 bits per heavy atom. The van der Waals surface area contributed by atoms with Gasteiger partial charge in [-0.1, -0.05) is 35.6 Å². The summed E-state index contributed by atoms with van der Waals surface area (Å²) >= 11 is 5.08. The van der Waals surface area contributed by atoms with E-state index in [9.17, 15) is 4.79 Å². The van der Waals surface area contributed by atoms with Crippen molar-refractivity contribution in [1.29, 1.82) is 0 Å². The normalized spacial score (nSPS) is 10.9. The van der Waals surface area contributed by atoms with Crippen LogP contribution in [0.15, 0.2) is 46.9 Å². The number of amides is 1. The van der Waals surface area contributed by atoms with E-state index in [0.717, 1.165) is 38.3 Å². The number of fused-ring (bicyclic) bond motifs is 1. The fourth-order valence-corrected chi connectivity index (χ4v) is 4.32. The van der Waals surface area contributed by atoms with Gasteiger partial charge in [-0.15, -0.1) is 12.4 Å². The molecule has 0 saturated heterocycles. The zero-order valence-corrected chi connectivity index (χ0v) is 18.8. The molecule has 0 spiro atoms. The molecule has 0 aliphatic rings. The monoisotopic (exact) mass is 467 g/mol. The third kappa shape index (κ3) is 5.08. The van der Waals surface area contributed by atoms with Gasteiger partial charge in [0.15, 0.2) is 5.13 Å². The quantitative estimate of drug-likeness (QED) is 0.487. The van der Waals surface area contributed by atoms with E-state index in [1.807, 2.05) is 49.3 Å². The Morgan fingerprint density at radius 3 is 2.52 bits per heavy atom. The molecule has 0 N–H and O–H groups in total. The first-order chi connectivity index (χ1) is 12.5. The maximum absolute atomic E-state index is 13.3. The highest BCUT2D eigenvalue weighted by Gasteiger charge is 2.23. The lowest BCUT2D eigenvalue weighted by atomic mass is 10.2. The van der Waals surface area contributed by atoms with Gasteiger partial charge in [-0.25, -0.2) is 4.98 Å². The van der Waals surface area contributed by atoms with E-state index >= 15 is 0 Å². The van der Waals surface area contributed by atoms with Gasteiger partial charge in [-0.3, -0.25) is 9.69 Å². The summed E-state index contributed by atoms with van der Waals surface area (Å²) in [4.78, 5) is 22.0. The maximum Gasteiger partial charge on any atom is 0.261 e. The van der Waals surface area contributed by atoms with Crippen LogP contribution < -0.4 is 4.90 Å². The van der Waals surface area contributed by atoms with Crippen molar-refractivity contribution in [2.75, 3.05) is 32.1 Å². The number of hydrogen-bond donors (Lipinski definition) is 0. The second-order valence-electron chi connectivity index (χ2n) is 6.51. The summed E-state index contributed by atoms with van der Waals surface area (Å²) in [7, 11) is 4.09. The molecule has 0 saturated carbocycles. The second kappa shape index (κ2) is 9.64. The van der Waals surface area contributed by atoms with E-state index in [-0.39, 0.29) is 18.3 Å². The predicted molar refractivity (Wildman–Crippen MR) is 121 cm³/mol. The summed E-state index contributed by atoms with van der Waals surface area (Å²) in [6.07, 6.45) is 0.887. The fraction of sp³-hybridized carbons (Fsp3) is 0.300. The minimum atomic E-state index is -0.0204. The van der Waals surface area contributed by atoms with Gasteiger partial charge < -0.3 is 4.90 Å². The molecule has 0 aliphatic heterocycles. The second-order valence-corrected chi connectivity index (χ2v) is 8.37. The number of para-hydroxylation sites is 1. The number of halogens is 2. The van der Waals surface area contributed by atoms with Crippen LogP contribution in [0.4, 0.5) is 5.13 Å². The van der Waals surface area contributed by atoms with Crippen molar-refractivity contribution in [1.82, 2.24) is 9.88 Å². The van der Waals surface area contributed by atoms with Gasteiger partial charge in [0.05, 0.1) is 15.8 Å². The minimum absolute atomic E-state index is 0.